The lowest BCUT2D eigenvalue weighted by Crippen LogP contribution is -2.48. The molecule has 26 heavy (non-hydrogen) atoms. The summed E-state index contributed by atoms with van der Waals surface area (Å²) in [5.74, 6) is -1.08. The maximum Gasteiger partial charge on any atom is 0.326 e. The van der Waals surface area contributed by atoms with Crippen molar-refractivity contribution in [3.8, 4) is 0 Å². The summed E-state index contributed by atoms with van der Waals surface area (Å²) in [5, 5.41) is 14.9. The van der Waals surface area contributed by atoms with Crippen molar-refractivity contribution in [2.75, 3.05) is 6.54 Å². The highest BCUT2D eigenvalue weighted by Crippen LogP contribution is 2.29. The maximum atomic E-state index is 12.4. The highest BCUT2D eigenvalue weighted by Gasteiger charge is 2.31. The van der Waals surface area contributed by atoms with E-state index in [9.17, 15) is 19.5 Å². The zero-order valence-electron chi connectivity index (χ0n) is 16.5. The average molecular weight is 370 g/mol. The molecule has 0 aromatic heterocycles. The molecule has 5 N–H and O–H groups in total. The Bertz CT molecular complexity index is 487. The maximum absolute atomic E-state index is 12.4. The van der Waals surface area contributed by atoms with E-state index in [1.807, 2.05) is 27.7 Å². The third kappa shape index (κ3) is 6.59. The van der Waals surface area contributed by atoms with Gasteiger partial charge in [0, 0.05) is 12.5 Å². The highest BCUT2D eigenvalue weighted by atomic mass is 16.4. The van der Waals surface area contributed by atoms with Gasteiger partial charge in [0.1, 0.15) is 6.04 Å². The standard InChI is InChI=1S/C19H35N3O4/c1-5-12(4)16(19(25)26)22-17(23)14-8-6-13(7-9-14)10-21-18(24)15(20)11(2)3/h11-16H,5-10,20H2,1-4H3,(H,21,24)(H,22,23)(H,25,26). The van der Waals surface area contributed by atoms with Crippen LogP contribution in [0.3, 0.4) is 0 Å². The molecule has 0 aromatic rings. The molecular weight excluding hydrogens is 334 g/mol. The zero-order valence-corrected chi connectivity index (χ0v) is 16.5. The van der Waals surface area contributed by atoms with E-state index < -0.39 is 18.1 Å². The van der Waals surface area contributed by atoms with Crippen LogP contribution in [0.1, 0.15) is 59.8 Å². The minimum Gasteiger partial charge on any atom is -0.480 e. The van der Waals surface area contributed by atoms with E-state index in [0.717, 1.165) is 25.7 Å². The summed E-state index contributed by atoms with van der Waals surface area (Å²) >= 11 is 0. The molecule has 3 unspecified atom stereocenters. The molecule has 1 aliphatic carbocycles. The Morgan fingerprint density at radius 3 is 2.15 bits per heavy atom. The number of aliphatic carboxylic acids is 1. The number of nitrogens with one attached hydrogen (secondary N) is 2. The number of hydrogen-bond donors (Lipinski definition) is 4. The van der Waals surface area contributed by atoms with Gasteiger partial charge in [-0.05, 0) is 43.4 Å². The Hall–Kier alpha value is -1.63. The van der Waals surface area contributed by atoms with E-state index >= 15 is 0 Å². The summed E-state index contributed by atoms with van der Waals surface area (Å²) in [6.45, 7) is 8.16. The fraction of sp³-hybridized carbons (Fsp3) is 0.842. The first-order chi connectivity index (χ1) is 12.2. The molecule has 0 aromatic carbocycles. The van der Waals surface area contributed by atoms with E-state index in [0.29, 0.717) is 18.9 Å². The van der Waals surface area contributed by atoms with Crippen molar-refractivity contribution in [3.05, 3.63) is 0 Å². The Balaban J connectivity index is 2.42. The Morgan fingerprint density at radius 2 is 1.69 bits per heavy atom. The van der Waals surface area contributed by atoms with Crippen LogP contribution in [0.4, 0.5) is 0 Å². The van der Waals surface area contributed by atoms with Crippen molar-refractivity contribution in [3.63, 3.8) is 0 Å². The normalized spacial score (nSPS) is 23.8. The molecule has 1 rings (SSSR count). The smallest absolute Gasteiger partial charge is 0.326 e. The van der Waals surface area contributed by atoms with Crippen molar-refractivity contribution in [2.24, 2.45) is 29.4 Å². The van der Waals surface area contributed by atoms with Gasteiger partial charge in [0.2, 0.25) is 11.8 Å². The van der Waals surface area contributed by atoms with Gasteiger partial charge in [-0.25, -0.2) is 4.79 Å². The van der Waals surface area contributed by atoms with E-state index in [1.165, 1.54) is 0 Å². The van der Waals surface area contributed by atoms with Crippen LogP contribution in [-0.2, 0) is 14.4 Å². The highest BCUT2D eigenvalue weighted by molar-refractivity contribution is 5.85. The van der Waals surface area contributed by atoms with Gasteiger partial charge in [0.25, 0.3) is 0 Å². The van der Waals surface area contributed by atoms with Crippen LogP contribution in [0, 0.1) is 23.7 Å². The van der Waals surface area contributed by atoms with E-state index in [-0.39, 0.29) is 29.6 Å². The lowest BCUT2D eigenvalue weighted by atomic mass is 9.81. The van der Waals surface area contributed by atoms with E-state index in [1.54, 1.807) is 0 Å². The molecule has 0 radical (unpaired) electrons. The second kappa shape index (κ2) is 10.5. The fourth-order valence-corrected chi connectivity index (χ4v) is 3.25. The number of carboxylic acid groups (broad SMARTS) is 1. The van der Waals surface area contributed by atoms with E-state index in [2.05, 4.69) is 10.6 Å². The molecule has 2 amide bonds. The first kappa shape index (κ1) is 22.4. The van der Waals surface area contributed by atoms with Gasteiger partial charge in [-0.3, -0.25) is 9.59 Å². The summed E-state index contributed by atoms with van der Waals surface area (Å²) in [4.78, 5) is 35.7. The minimum atomic E-state index is -0.981. The van der Waals surface area contributed by atoms with Crippen LogP contribution in [0.25, 0.3) is 0 Å². The van der Waals surface area contributed by atoms with Crippen molar-refractivity contribution in [1.82, 2.24) is 10.6 Å². The number of carboxylic acids is 1. The Labute approximate surface area is 156 Å². The van der Waals surface area contributed by atoms with Crippen LogP contribution in [-0.4, -0.2) is 41.5 Å². The molecule has 1 saturated carbocycles. The molecule has 7 heteroatoms. The third-order valence-corrected chi connectivity index (χ3v) is 5.58. The van der Waals surface area contributed by atoms with Gasteiger partial charge in [0.05, 0.1) is 6.04 Å². The van der Waals surface area contributed by atoms with Gasteiger partial charge in [-0.1, -0.05) is 34.1 Å². The van der Waals surface area contributed by atoms with Crippen LogP contribution < -0.4 is 16.4 Å². The number of carbonyl (C=O) groups is 3. The topological polar surface area (TPSA) is 122 Å². The van der Waals surface area contributed by atoms with Gasteiger partial charge >= 0.3 is 5.97 Å². The summed E-state index contributed by atoms with van der Waals surface area (Å²) in [5.41, 5.74) is 5.83. The van der Waals surface area contributed by atoms with E-state index in [4.69, 9.17) is 5.73 Å². The average Bonchev–Trinajstić information content (AvgIpc) is 2.62. The second-order valence-electron chi connectivity index (χ2n) is 7.94. The number of hydrogen-bond acceptors (Lipinski definition) is 4. The molecule has 0 saturated heterocycles. The summed E-state index contributed by atoms with van der Waals surface area (Å²) in [6.07, 6.45) is 3.82. The predicted molar refractivity (Wildman–Crippen MR) is 100 cm³/mol. The number of nitrogens with two attached hydrogens (primary N) is 1. The minimum absolute atomic E-state index is 0.0992. The van der Waals surface area contributed by atoms with Crippen molar-refractivity contribution in [1.29, 1.82) is 0 Å². The molecule has 0 spiro atoms. The largest absolute Gasteiger partial charge is 0.480 e. The first-order valence-corrected chi connectivity index (χ1v) is 9.73. The number of carbonyl (C=O) groups excluding carboxylic acids is 2. The Morgan fingerprint density at radius 1 is 1.12 bits per heavy atom. The summed E-state index contributed by atoms with van der Waals surface area (Å²) in [6, 6.07) is -1.33. The molecule has 150 valence electrons. The quantitative estimate of drug-likeness (QED) is 0.491. The molecule has 1 fully saturated rings. The lowest BCUT2D eigenvalue weighted by molar-refractivity contribution is -0.144. The third-order valence-electron chi connectivity index (χ3n) is 5.58. The van der Waals surface area contributed by atoms with Gasteiger partial charge < -0.3 is 21.5 Å². The summed E-state index contributed by atoms with van der Waals surface area (Å²) in [7, 11) is 0. The first-order valence-electron chi connectivity index (χ1n) is 9.73. The van der Waals surface area contributed by atoms with Gasteiger partial charge in [-0.15, -0.1) is 0 Å². The second-order valence-corrected chi connectivity index (χ2v) is 7.94. The molecule has 1 aliphatic rings. The molecule has 0 heterocycles. The van der Waals surface area contributed by atoms with Crippen molar-refractivity contribution in [2.45, 2.75) is 71.9 Å². The van der Waals surface area contributed by atoms with Crippen molar-refractivity contribution < 1.29 is 19.5 Å². The molecular formula is C19H35N3O4. The predicted octanol–water partition coefficient (Wildman–Crippen LogP) is 1.51. The lowest BCUT2D eigenvalue weighted by Gasteiger charge is -2.30. The molecule has 3 atom stereocenters. The number of rotatable bonds is 9. The fourth-order valence-electron chi connectivity index (χ4n) is 3.25. The van der Waals surface area contributed by atoms with Crippen LogP contribution in [0.5, 0.6) is 0 Å². The van der Waals surface area contributed by atoms with Gasteiger partial charge in [0.15, 0.2) is 0 Å². The van der Waals surface area contributed by atoms with Crippen LogP contribution in [0.2, 0.25) is 0 Å². The molecule has 0 bridgehead atoms. The van der Waals surface area contributed by atoms with Crippen LogP contribution in [0.15, 0.2) is 0 Å². The monoisotopic (exact) mass is 369 g/mol. The van der Waals surface area contributed by atoms with Crippen LogP contribution >= 0.6 is 0 Å². The summed E-state index contributed by atoms with van der Waals surface area (Å²) < 4.78 is 0. The molecule has 0 aliphatic heterocycles. The number of amides is 2. The molecule has 7 nitrogen and oxygen atoms in total. The Kier molecular flexibility index (Phi) is 9.05. The van der Waals surface area contributed by atoms with Gasteiger partial charge in [-0.2, -0.15) is 0 Å². The zero-order chi connectivity index (χ0) is 19.9. The SMILES string of the molecule is CCC(C)C(NC(=O)C1CCC(CNC(=O)C(N)C(C)C)CC1)C(=O)O. The van der Waals surface area contributed by atoms with Crippen molar-refractivity contribution >= 4 is 17.8 Å².